The normalized spacial score (nSPS) is 10.8. The molecule has 0 fully saturated rings. The van der Waals surface area contributed by atoms with Crippen molar-refractivity contribution in [2.75, 3.05) is 32.0 Å². The van der Waals surface area contributed by atoms with E-state index in [4.69, 9.17) is 26.4 Å². The molecule has 2 N–H and O–H groups in total. The number of nitrogens with one attached hydrogen (secondary N) is 2. The molecule has 0 aliphatic heterocycles. The number of methoxy groups -OCH3 is 3. The molecule has 0 unspecified atom stereocenters. The van der Waals surface area contributed by atoms with Gasteiger partial charge in [0, 0.05) is 23.5 Å². The molecule has 2 rings (SSSR count). The molecule has 0 radical (unpaired) electrons. The third-order valence-corrected chi connectivity index (χ3v) is 3.57. The summed E-state index contributed by atoms with van der Waals surface area (Å²) >= 11 is 5.16. The van der Waals surface area contributed by atoms with E-state index in [9.17, 15) is 13.2 Å². The Morgan fingerprint density at radius 3 is 1.96 bits per heavy atom. The summed E-state index contributed by atoms with van der Waals surface area (Å²) in [5, 5.41) is 5.70. The van der Waals surface area contributed by atoms with Crippen LogP contribution in [0.5, 0.6) is 17.2 Å². The van der Waals surface area contributed by atoms with Crippen LogP contribution >= 0.6 is 12.2 Å². The number of benzene rings is 2. The predicted octanol–water partition coefficient (Wildman–Crippen LogP) is 4.54. The largest absolute Gasteiger partial charge is 0.493 e. The molecule has 0 saturated heterocycles. The Kier molecular flexibility index (Phi) is 6.14. The summed E-state index contributed by atoms with van der Waals surface area (Å²) in [7, 11) is 4.42. The zero-order valence-electron chi connectivity index (χ0n) is 14.2. The molecule has 26 heavy (non-hydrogen) atoms. The lowest BCUT2D eigenvalue weighted by atomic mass is 10.2. The highest BCUT2D eigenvalue weighted by molar-refractivity contribution is 7.80. The molecule has 0 heterocycles. The van der Waals surface area contributed by atoms with Crippen LogP contribution in [0.4, 0.5) is 24.5 Å². The van der Waals surface area contributed by atoms with Crippen molar-refractivity contribution in [3.8, 4) is 17.2 Å². The average molecular weight is 386 g/mol. The number of rotatable bonds is 5. The maximum Gasteiger partial charge on any atom is 0.416 e. The molecule has 0 aromatic heterocycles. The number of ether oxygens (including phenoxy) is 3. The fraction of sp³-hybridized carbons (Fsp3) is 0.235. The first kappa shape index (κ1) is 19.6. The van der Waals surface area contributed by atoms with Crippen molar-refractivity contribution < 1.29 is 27.4 Å². The lowest BCUT2D eigenvalue weighted by molar-refractivity contribution is -0.137. The second-order valence-electron chi connectivity index (χ2n) is 5.07. The van der Waals surface area contributed by atoms with E-state index in [2.05, 4.69) is 10.6 Å². The number of alkyl halides is 3. The maximum atomic E-state index is 12.8. The molecule has 0 aliphatic rings. The van der Waals surface area contributed by atoms with Crippen LogP contribution in [0, 0.1) is 0 Å². The van der Waals surface area contributed by atoms with Gasteiger partial charge in [0.05, 0.1) is 26.9 Å². The fourth-order valence-electron chi connectivity index (χ4n) is 2.22. The highest BCUT2D eigenvalue weighted by atomic mass is 32.1. The van der Waals surface area contributed by atoms with Crippen LogP contribution in [0.2, 0.25) is 0 Å². The fourth-order valence-corrected chi connectivity index (χ4v) is 2.46. The molecule has 0 atom stereocenters. The number of anilines is 2. The van der Waals surface area contributed by atoms with Crippen LogP contribution in [0.25, 0.3) is 0 Å². The minimum absolute atomic E-state index is 0.110. The van der Waals surface area contributed by atoms with Gasteiger partial charge in [-0.15, -0.1) is 0 Å². The lowest BCUT2D eigenvalue weighted by Crippen LogP contribution is -2.19. The van der Waals surface area contributed by atoms with Gasteiger partial charge < -0.3 is 24.8 Å². The van der Waals surface area contributed by atoms with Crippen LogP contribution in [0.1, 0.15) is 5.56 Å². The molecule has 2 aromatic carbocycles. The summed E-state index contributed by atoms with van der Waals surface area (Å²) in [5.41, 5.74) is -0.0353. The first-order valence-corrected chi connectivity index (χ1v) is 7.74. The summed E-state index contributed by atoms with van der Waals surface area (Å²) in [4.78, 5) is 0. The minimum Gasteiger partial charge on any atom is -0.493 e. The summed E-state index contributed by atoms with van der Waals surface area (Å²) in [5.74, 6) is 1.24. The second-order valence-corrected chi connectivity index (χ2v) is 5.48. The minimum atomic E-state index is -4.43. The summed E-state index contributed by atoms with van der Waals surface area (Å²) in [6.07, 6.45) is -4.43. The number of hydrogen-bond donors (Lipinski definition) is 2. The zero-order valence-corrected chi connectivity index (χ0v) is 15.0. The first-order chi connectivity index (χ1) is 12.3. The van der Waals surface area contributed by atoms with E-state index >= 15 is 0 Å². The van der Waals surface area contributed by atoms with E-state index in [1.165, 1.54) is 33.5 Å². The lowest BCUT2D eigenvalue weighted by Gasteiger charge is -2.16. The summed E-state index contributed by atoms with van der Waals surface area (Å²) in [6, 6.07) is 8.00. The molecule has 0 amide bonds. The second kappa shape index (κ2) is 8.13. The van der Waals surface area contributed by atoms with Gasteiger partial charge in [0.25, 0.3) is 0 Å². The Labute approximate surface area is 154 Å². The highest BCUT2D eigenvalue weighted by Gasteiger charge is 2.30. The number of halogens is 3. The Hall–Kier alpha value is -2.68. The van der Waals surface area contributed by atoms with Crippen molar-refractivity contribution in [1.82, 2.24) is 0 Å². The number of hydrogen-bond acceptors (Lipinski definition) is 4. The van der Waals surface area contributed by atoms with Gasteiger partial charge in [-0.3, -0.25) is 0 Å². The molecule has 9 heteroatoms. The molecule has 0 bridgehead atoms. The molecular weight excluding hydrogens is 369 g/mol. The Bertz CT molecular complexity index is 772. The van der Waals surface area contributed by atoms with E-state index < -0.39 is 11.7 Å². The average Bonchev–Trinajstić information content (AvgIpc) is 2.60. The maximum absolute atomic E-state index is 12.8. The van der Waals surface area contributed by atoms with Crippen molar-refractivity contribution in [2.45, 2.75) is 6.18 Å². The number of thiocarbonyl (C=S) groups is 1. The Balaban J connectivity index is 2.18. The van der Waals surface area contributed by atoms with Gasteiger partial charge in [0.15, 0.2) is 16.6 Å². The smallest absolute Gasteiger partial charge is 0.416 e. The van der Waals surface area contributed by atoms with E-state index in [0.29, 0.717) is 22.9 Å². The van der Waals surface area contributed by atoms with E-state index in [0.717, 1.165) is 12.1 Å². The van der Waals surface area contributed by atoms with Crippen LogP contribution in [0.3, 0.4) is 0 Å². The Morgan fingerprint density at radius 2 is 1.46 bits per heavy atom. The molecular formula is C17H17F3N2O3S. The SMILES string of the molecule is COc1cc(NC(=S)Nc2cccc(C(F)(F)F)c2)cc(OC)c1OC. The molecule has 2 aromatic rings. The highest BCUT2D eigenvalue weighted by Crippen LogP contribution is 2.40. The topological polar surface area (TPSA) is 51.8 Å². The van der Waals surface area contributed by atoms with Gasteiger partial charge in [-0.2, -0.15) is 13.2 Å². The van der Waals surface area contributed by atoms with Crippen LogP contribution in [-0.2, 0) is 6.18 Å². The quantitative estimate of drug-likeness (QED) is 0.736. The zero-order chi connectivity index (χ0) is 19.3. The van der Waals surface area contributed by atoms with Crippen LogP contribution < -0.4 is 24.8 Å². The van der Waals surface area contributed by atoms with E-state index in [1.807, 2.05) is 0 Å². The van der Waals surface area contributed by atoms with Crippen LogP contribution in [0.15, 0.2) is 36.4 Å². The molecule has 0 saturated carbocycles. The van der Waals surface area contributed by atoms with Gasteiger partial charge >= 0.3 is 6.18 Å². The predicted molar refractivity (Wildman–Crippen MR) is 97.4 cm³/mol. The summed E-state index contributed by atoms with van der Waals surface area (Å²) in [6.45, 7) is 0. The van der Waals surface area contributed by atoms with Gasteiger partial charge in [-0.05, 0) is 30.4 Å². The standard InChI is InChI=1S/C17H17F3N2O3S/c1-23-13-8-12(9-14(24-2)15(13)25-3)22-16(26)21-11-6-4-5-10(7-11)17(18,19)20/h4-9H,1-3H3,(H2,21,22,26). The first-order valence-electron chi connectivity index (χ1n) is 7.33. The third kappa shape index (κ3) is 4.69. The third-order valence-electron chi connectivity index (χ3n) is 3.37. The van der Waals surface area contributed by atoms with E-state index in [-0.39, 0.29) is 10.8 Å². The van der Waals surface area contributed by atoms with Crippen molar-refractivity contribution in [3.63, 3.8) is 0 Å². The van der Waals surface area contributed by atoms with Crippen molar-refractivity contribution in [1.29, 1.82) is 0 Å². The Morgan fingerprint density at radius 1 is 0.885 bits per heavy atom. The van der Waals surface area contributed by atoms with Gasteiger partial charge in [0.1, 0.15) is 0 Å². The van der Waals surface area contributed by atoms with Gasteiger partial charge in [0.2, 0.25) is 5.75 Å². The summed E-state index contributed by atoms with van der Waals surface area (Å²) < 4.78 is 54.0. The molecule has 140 valence electrons. The monoisotopic (exact) mass is 386 g/mol. The van der Waals surface area contributed by atoms with Crippen molar-refractivity contribution >= 4 is 28.7 Å². The molecule has 0 spiro atoms. The van der Waals surface area contributed by atoms with Crippen molar-refractivity contribution in [2.24, 2.45) is 0 Å². The van der Waals surface area contributed by atoms with Gasteiger partial charge in [-0.1, -0.05) is 6.07 Å². The van der Waals surface area contributed by atoms with Crippen molar-refractivity contribution in [3.05, 3.63) is 42.0 Å². The van der Waals surface area contributed by atoms with Gasteiger partial charge in [-0.25, -0.2) is 0 Å². The van der Waals surface area contributed by atoms with Crippen LogP contribution in [-0.4, -0.2) is 26.4 Å². The van der Waals surface area contributed by atoms with E-state index in [1.54, 1.807) is 12.1 Å². The molecule has 0 aliphatic carbocycles. The molecule has 5 nitrogen and oxygen atoms in total.